The number of hydrogen-bond acceptors (Lipinski definition) is 5. The summed E-state index contributed by atoms with van der Waals surface area (Å²) in [6, 6.07) is 8.71. The molecular weight excluding hydrogens is 462 g/mol. The van der Waals surface area contributed by atoms with E-state index < -0.39 is 17.5 Å². The Balaban J connectivity index is 1.35. The molecule has 0 atom stereocenters. The van der Waals surface area contributed by atoms with Gasteiger partial charge in [0.05, 0.1) is 17.1 Å². The molecule has 3 heterocycles. The maximum Gasteiger partial charge on any atom is 0.344 e. The van der Waals surface area contributed by atoms with Crippen molar-refractivity contribution in [1.29, 1.82) is 0 Å². The van der Waals surface area contributed by atoms with Crippen LogP contribution < -0.4 is 10.7 Å². The maximum atomic E-state index is 13.0. The summed E-state index contributed by atoms with van der Waals surface area (Å²) in [5.74, 6) is -0.337. The standard InChI is InChI=1S/C23H24ClN5O3S/c1-13-7-9-23(10-8-13)21(31)29(22(32)25-23)27-19(30)18-11-17-14(2)26-28(20(17)33-18)12-15-3-5-16(24)6-4-15/h3-6,11,13H,7-10,12H2,1-2H3,(H,25,32)(H,27,30). The number of thiophene rings is 1. The third-order valence-electron chi connectivity index (χ3n) is 6.58. The zero-order valence-corrected chi connectivity index (χ0v) is 19.9. The number of benzene rings is 1. The first kappa shape index (κ1) is 21.9. The summed E-state index contributed by atoms with van der Waals surface area (Å²) in [5.41, 5.74) is 3.47. The molecule has 1 saturated carbocycles. The maximum absolute atomic E-state index is 13.0. The summed E-state index contributed by atoms with van der Waals surface area (Å²) in [7, 11) is 0. The quantitative estimate of drug-likeness (QED) is 0.540. The van der Waals surface area contributed by atoms with E-state index in [1.165, 1.54) is 11.3 Å². The molecule has 0 radical (unpaired) electrons. The van der Waals surface area contributed by atoms with Crippen molar-refractivity contribution >= 4 is 51.0 Å². The van der Waals surface area contributed by atoms with Crippen molar-refractivity contribution in [2.75, 3.05) is 0 Å². The van der Waals surface area contributed by atoms with Gasteiger partial charge in [-0.25, -0.2) is 4.79 Å². The molecule has 1 spiro atoms. The van der Waals surface area contributed by atoms with Crippen LogP contribution in [0.25, 0.3) is 10.2 Å². The molecule has 2 N–H and O–H groups in total. The van der Waals surface area contributed by atoms with Crippen molar-refractivity contribution in [2.24, 2.45) is 5.92 Å². The number of imide groups is 1. The number of fused-ring (bicyclic) bond motifs is 1. The first-order chi connectivity index (χ1) is 15.8. The lowest BCUT2D eigenvalue weighted by Gasteiger charge is -2.33. The average molecular weight is 486 g/mol. The van der Waals surface area contributed by atoms with E-state index in [4.69, 9.17) is 11.6 Å². The number of urea groups is 1. The van der Waals surface area contributed by atoms with Crippen LogP contribution in [-0.2, 0) is 11.3 Å². The van der Waals surface area contributed by atoms with Crippen LogP contribution in [0, 0.1) is 12.8 Å². The van der Waals surface area contributed by atoms with Crippen molar-refractivity contribution in [1.82, 2.24) is 25.5 Å². The van der Waals surface area contributed by atoms with Crippen LogP contribution in [-0.4, -0.2) is 38.2 Å². The number of amides is 4. The lowest BCUT2D eigenvalue weighted by atomic mass is 9.77. The van der Waals surface area contributed by atoms with Crippen molar-refractivity contribution in [3.63, 3.8) is 0 Å². The number of hydrazine groups is 1. The van der Waals surface area contributed by atoms with Crippen LogP contribution in [0.2, 0.25) is 5.02 Å². The zero-order chi connectivity index (χ0) is 23.3. The Morgan fingerprint density at radius 3 is 2.67 bits per heavy atom. The number of aryl methyl sites for hydroxylation is 1. The molecule has 33 heavy (non-hydrogen) atoms. The molecule has 4 amide bonds. The van der Waals surface area contributed by atoms with Gasteiger partial charge >= 0.3 is 6.03 Å². The molecule has 1 aromatic carbocycles. The van der Waals surface area contributed by atoms with Crippen molar-refractivity contribution in [2.45, 2.75) is 51.6 Å². The largest absolute Gasteiger partial charge is 0.344 e. The van der Waals surface area contributed by atoms with Gasteiger partial charge in [-0.15, -0.1) is 11.3 Å². The zero-order valence-electron chi connectivity index (χ0n) is 18.4. The normalized spacial score (nSPS) is 22.9. The molecule has 172 valence electrons. The van der Waals surface area contributed by atoms with Crippen LogP contribution in [0.3, 0.4) is 0 Å². The minimum absolute atomic E-state index is 0.376. The Kier molecular flexibility index (Phi) is 5.41. The number of carbonyl (C=O) groups excluding carboxylic acids is 3. The number of halogens is 1. The molecule has 5 rings (SSSR count). The summed E-state index contributed by atoms with van der Waals surface area (Å²) in [6.07, 6.45) is 2.92. The monoisotopic (exact) mass is 485 g/mol. The van der Waals surface area contributed by atoms with E-state index in [2.05, 4.69) is 22.8 Å². The van der Waals surface area contributed by atoms with Crippen molar-refractivity contribution in [3.05, 3.63) is 51.5 Å². The van der Waals surface area contributed by atoms with Gasteiger partial charge in [0.15, 0.2) is 0 Å². The Bertz CT molecular complexity index is 1260. The van der Waals surface area contributed by atoms with Gasteiger partial charge in [0.1, 0.15) is 10.4 Å². The van der Waals surface area contributed by atoms with Gasteiger partial charge in [-0.3, -0.25) is 19.7 Å². The molecule has 0 bridgehead atoms. The van der Waals surface area contributed by atoms with E-state index in [1.807, 2.05) is 35.9 Å². The number of hydrogen-bond donors (Lipinski definition) is 2. The second-order valence-corrected chi connectivity index (χ2v) is 10.4. The summed E-state index contributed by atoms with van der Waals surface area (Å²) in [4.78, 5) is 39.8. The number of carbonyl (C=O) groups is 3. The minimum atomic E-state index is -0.896. The molecule has 1 aliphatic carbocycles. The highest BCUT2D eigenvalue weighted by Gasteiger charge is 2.53. The highest BCUT2D eigenvalue weighted by atomic mass is 35.5. The van der Waals surface area contributed by atoms with E-state index in [0.717, 1.165) is 39.3 Å². The molecule has 0 unspecified atom stereocenters. The molecule has 2 aliphatic rings. The molecular formula is C23H24ClN5O3S. The summed E-state index contributed by atoms with van der Waals surface area (Å²) in [5, 5.41) is 9.79. The molecule has 3 aromatic rings. The summed E-state index contributed by atoms with van der Waals surface area (Å²) in [6.45, 7) is 4.57. The lowest BCUT2D eigenvalue weighted by Crippen LogP contribution is -2.51. The Labute approximate surface area is 199 Å². The topological polar surface area (TPSA) is 96.3 Å². The van der Waals surface area contributed by atoms with Crippen molar-refractivity contribution in [3.8, 4) is 0 Å². The smallest absolute Gasteiger partial charge is 0.322 e. The van der Waals surface area contributed by atoms with Crippen LogP contribution in [0.5, 0.6) is 0 Å². The van der Waals surface area contributed by atoms with Gasteiger partial charge in [0.25, 0.3) is 11.8 Å². The Morgan fingerprint density at radius 1 is 1.27 bits per heavy atom. The predicted octanol–water partition coefficient (Wildman–Crippen LogP) is 4.25. The van der Waals surface area contributed by atoms with Gasteiger partial charge in [-0.1, -0.05) is 30.7 Å². The van der Waals surface area contributed by atoms with E-state index in [1.54, 1.807) is 6.07 Å². The molecule has 1 saturated heterocycles. The summed E-state index contributed by atoms with van der Waals surface area (Å²) < 4.78 is 1.85. The number of nitrogens with one attached hydrogen (secondary N) is 2. The van der Waals surface area contributed by atoms with Crippen LogP contribution >= 0.6 is 22.9 Å². The van der Waals surface area contributed by atoms with Crippen LogP contribution in [0.4, 0.5) is 4.79 Å². The first-order valence-electron chi connectivity index (χ1n) is 10.9. The van der Waals surface area contributed by atoms with Gasteiger partial charge in [0, 0.05) is 10.4 Å². The number of nitrogens with zero attached hydrogens (tertiary/aromatic N) is 3. The molecule has 2 aromatic heterocycles. The second-order valence-electron chi connectivity index (χ2n) is 8.98. The molecule has 10 heteroatoms. The van der Waals surface area contributed by atoms with Gasteiger partial charge in [0.2, 0.25) is 0 Å². The number of aromatic nitrogens is 2. The van der Waals surface area contributed by atoms with Crippen molar-refractivity contribution < 1.29 is 14.4 Å². The molecule has 1 aliphatic heterocycles. The fraction of sp³-hybridized carbons (Fsp3) is 0.391. The fourth-order valence-corrected chi connectivity index (χ4v) is 5.74. The predicted molar refractivity (Wildman–Crippen MR) is 126 cm³/mol. The van der Waals surface area contributed by atoms with E-state index >= 15 is 0 Å². The molecule has 8 nitrogen and oxygen atoms in total. The Morgan fingerprint density at radius 2 is 1.97 bits per heavy atom. The fourth-order valence-electron chi connectivity index (χ4n) is 4.57. The van der Waals surface area contributed by atoms with Crippen LogP contribution in [0.1, 0.15) is 53.5 Å². The van der Waals surface area contributed by atoms with E-state index in [9.17, 15) is 14.4 Å². The lowest BCUT2D eigenvalue weighted by molar-refractivity contribution is -0.134. The number of rotatable bonds is 4. The average Bonchev–Trinajstić information content (AvgIpc) is 3.42. The van der Waals surface area contributed by atoms with Gasteiger partial charge in [-0.05, 0) is 62.3 Å². The summed E-state index contributed by atoms with van der Waals surface area (Å²) >= 11 is 7.26. The highest BCUT2D eigenvalue weighted by molar-refractivity contribution is 7.20. The third kappa shape index (κ3) is 3.89. The van der Waals surface area contributed by atoms with Gasteiger partial charge in [-0.2, -0.15) is 10.1 Å². The third-order valence-corrected chi connectivity index (χ3v) is 7.98. The van der Waals surface area contributed by atoms with Gasteiger partial charge < -0.3 is 5.32 Å². The Hall–Kier alpha value is -2.91. The van der Waals surface area contributed by atoms with E-state index in [0.29, 0.717) is 35.2 Å². The highest BCUT2D eigenvalue weighted by Crippen LogP contribution is 2.36. The minimum Gasteiger partial charge on any atom is -0.322 e. The SMILES string of the molecule is Cc1nn(Cc2ccc(Cl)cc2)c2sc(C(=O)NN3C(=O)NC4(CCC(C)CC4)C3=O)cc12. The van der Waals surface area contributed by atoms with Crippen LogP contribution in [0.15, 0.2) is 30.3 Å². The first-order valence-corrected chi connectivity index (χ1v) is 12.1. The molecule has 2 fully saturated rings. The van der Waals surface area contributed by atoms with E-state index in [-0.39, 0.29) is 5.91 Å². The second kappa shape index (κ2) is 8.14.